The second-order valence-corrected chi connectivity index (χ2v) is 8.99. The van der Waals surface area contributed by atoms with E-state index in [4.69, 9.17) is 11.6 Å². The average Bonchev–Trinajstić information content (AvgIpc) is 2.99. The van der Waals surface area contributed by atoms with Gasteiger partial charge in [-0.15, -0.1) is 11.8 Å². The van der Waals surface area contributed by atoms with Crippen LogP contribution in [0, 0.1) is 18.7 Å². The van der Waals surface area contributed by atoms with E-state index in [2.05, 4.69) is 5.10 Å². The van der Waals surface area contributed by atoms with Gasteiger partial charge in [0.05, 0.1) is 5.71 Å². The summed E-state index contributed by atoms with van der Waals surface area (Å²) in [5.74, 6) is 0.369. The quantitative estimate of drug-likeness (QED) is 0.687. The van der Waals surface area contributed by atoms with Crippen molar-refractivity contribution in [2.75, 3.05) is 5.75 Å². The van der Waals surface area contributed by atoms with E-state index in [1.165, 1.54) is 11.9 Å². The zero-order valence-electron chi connectivity index (χ0n) is 14.2. The molecule has 1 amide bonds. The van der Waals surface area contributed by atoms with Gasteiger partial charge in [0, 0.05) is 39.0 Å². The molecule has 0 saturated heterocycles. The third-order valence-corrected chi connectivity index (χ3v) is 7.26. The number of benzene rings is 2. The molecule has 2 heterocycles. The lowest BCUT2D eigenvalue weighted by Crippen LogP contribution is -2.36. The molecule has 26 heavy (non-hydrogen) atoms. The molecule has 2 aromatic rings. The van der Waals surface area contributed by atoms with Gasteiger partial charge in [0.15, 0.2) is 0 Å². The molecule has 2 atom stereocenters. The van der Waals surface area contributed by atoms with E-state index in [9.17, 15) is 9.18 Å². The maximum absolute atomic E-state index is 14.8. The molecule has 0 aromatic heterocycles. The second-order valence-electron chi connectivity index (χ2n) is 6.30. The standard InChI is InChI=1S/C19H16ClFN2OS2/c1-10-3-8-15-16(17(10)21)18-14(9-25-15)19(23(22-18)11(2)24)26-13-6-4-12(20)5-7-13/h3-8,14,19H,9H2,1-2H3/t14-,19+/m1/s1. The lowest BCUT2D eigenvalue weighted by atomic mass is 9.96. The Labute approximate surface area is 165 Å². The molecule has 0 fully saturated rings. The molecule has 0 aliphatic carbocycles. The van der Waals surface area contributed by atoms with Gasteiger partial charge in [-0.25, -0.2) is 9.40 Å². The molecule has 0 spiro atoms. The summed E-state index contributed by atoms with van der Waals surface area (Å²) in [6.45, 7) is 3.25. The van der Waals surface area contributed by atoms with E-state index in [1.54, 1.807) is 36.5 Å². The van der Waals surface area contributed by atoms with Crippen molar-refractivity contribution >= 4 is 46.7 Å². The van der Waals surface area contributed by atoms with E-state index >= 15 is 0 Å². The summed E-state index contributed by atoms with van der Waals surface area (Å²) in [7, 11) is 0. The molecular weight excluding hydrogens is 391 g/mol. The number of rotatable bonds is 2. The first-order valence-electron chi connectivity index (χ1n) is 8.18. The number of halogens is 2. The van der Waals surface area contributed by atoms with Crippen LogP contribution in [0.4, 0.5) is 4.39 Å². The van der Waals surface area contributed by atoms with Crippen LogP contribution >= 0.6 is 35.1 Å². The van der Waals surface area contributed by atoms with Gasteiger partial charge in [0.1, 0.15) is 11.2 Å². The Balaban J connectivity index is 1.73. The predicted molar refractivity (Wildman–Crippen MR) is 106 cm³/mol. The van der Waals surface area contributed by atoms with Gasteiger partial charge in [0.25, 0.3) is 0 Å². The van der Waals surface area contributed by atoms with E-state index in [-0.39, 0.29) is 23.0 Å². The van der Waals surface area contributed by atoms with Gasteiger partial charge in [-0.05, 0) is 42.8 Å². The monoisotopic (exact) mass is 406 g/mol. The highest BCUT2D eigenvalue weighted by molar-refractivity contribution is 8.00. The lowest BCUT2D eigenvalue weighted by molar-refractivity contribution is -0.129. The maximum Gasteiger partial charge on any atom is 0.240 e. The lowest BCUT2D eigenvalue weighted by Gasteiger charge is -2.28. The van der Waals surface area contributed by atoms with Crippen molar-refractivity contribution in [3.05, 3.63) is 58.4 Å². The van der Waals surface area contributed by atoms with Crippen LogP contribution < -0.4 is 0 Å². The van der Waals surface area contributed by atoms with Gasteiger partial charge >= 0.3 is 0 Å². The summed E-state index contributed by atoms with van der Waals surface area (Å²) < 4.78 is 14.8. The van der Waals surface area contributed by atoms with Crippen LogP contribution in [0.5, 0.6) is 0 Å². The maximum atomic E-state index is 14.8. The van der Waals surface area contributed by atoms with Crippen molar-refractivity contribution in [1.82, 2.24) is 5.01 Å². The van der Waals surface area contributed by atoms with Crippen molar-refractivity contribution in [3.63, 3.8) is 0 Å². The molecule has 2 aliphatic rings. The van der Waals surface area contributed by atoms with E-state index < -0.39 is 0 Å². The number of carbonyl (C=O) groups is 1. The largest absolute Gasteiger partial charge is 0.273 e. The highest BCUT2D eigenvalue weighted by atomic mass is 35.5. The Hall–Kier alpha value is -1.50. The molecule has 7 heteroatoms. The second kappa shape index (κ2) is 6.91. The number of aryl methyl sites for hydroxylation is 1. The van der Waals surface area contributed by atoms with Crippen molar-refractivity contribution in [2.45, 2.75) is 29.0 Å². The number of carbonyl (C=O) groups excluding carboxylic acids is 1. The summed E-state index contributed by atoms with van der Waals surface area (Å²) in [6, 6.07) is 11.2. The molecule has 0 bridgehead atoms. The van der Waals surface area contributed by atoms with Crippen molar-refractivity contribution in [2.24, 2.45) is 11.0 Å². The number of fused-ring (bicyclic) bond motifs is 3. The van der Waals surface area contributed by atoms with Gasteiger partial charge < -0.3 is 0 Å². The van der Waals surface area contributed by atoms with E-state index in [0.717, 1.165) is 15.5 Å². The average molecular weight is 407 g/mol. The predicted octanol–water partition coefficient (Wildman–Crippen LogP) is 5.19. The van der Waals surface area contributed by atoms with E-state index in [1.807, 2.05) is 30.3 Å². The Morgan fingerprint density at radius 3 is 2.73 bits per heavy atom. The zero-order chi connectivity index (χ0) is 18.4. The van der Waals surface area contributed by atoms with Crippen LogP contribution in [0.1, 0.15) is 18.1 Å². The van der Waals surface area contributed by atoms with Crippen LogP contribution in [0.2, 0.25) is 5.02 Å². The van der Waals surface area contributed by atoms with Crippen LogP contribution in [0.15, 0.2) is 51.3 Å². The highest BCUT2D eigenvalue weighted by Gasteiger charge is 2.44. The number of hydrogen-bond donors (Lipinski definition) is 0. The first kappa shape index (κ1) is 17.9. The number of nitrogens with zero attached hydrogens (tertiary/aromatic N) is 2. The summed E-state index contributed by atoms with van der Waals surface area (Å²) in [5.41, 5.74) is 1.83. The summed E-state index contributed by atoms with van der Waals surface area (Å²) >= 11 is 9.15. The minimum Gasteiger partial charge on any atom is -0.273 e. The topological polar surface area (TPSA) is 32.7 Å². The molecule has 0 N–H and O–H groups in total. The van der Waals surface area contributed by atoms with Crippen LogP contribution in [-0.4, -0.2) is 27.8 Å². The smallest absolute Gasteiger partial charge is 0.240 e. The summed E-state index contributed by atoms with van der Waals surface area (Å²) in [4.78, 5) is 14.1. The molecule has 3 nitrogen and oxygen atoms in total. The number of hydrogen-bond acceptors (Lipinski definition) is 4. The summed E-state index contributed by atoms with van der Waals surface area (Å²) in [5, 5.41) is 6.52. The minimum atomic E-state index is -0.237. The third-order valence-electron chi connectivity index (χ3n) is 4.52. The Kier molecular flexibility index (Phi) is 4.75. The fourth-order valence-electron chi connectivity index (χ4n) is 3.18. The normalized spacial score (nSPS) is 21.2. The molecule has 134 valence electrons. The Bertz CT molecular complexity index is 917. The van der Waals surface area contributed by atoms with Crippen molar-refractivity contribution in [3.8, 4) is 0 Å². The molecular formula is C19H16ClFN2OS2. The van der Waals surface area contributed by atoms with Crippen molar-refractivity contribution < 1.29 is 9.18 Å². The summed E-state index contributed by atoms with van der Waals surface area (Å²) in [6.07, 6.45) is 0. The third kappa shape index (κ3) is 3.04. The molecule has 4 rings (SSSR count). The number of hydrazone groups is 1. The number of amides is 1. The SMILES string of the molecule is CC(=O)N1N=C2c3c(ccc(C)c3F)SC[C@H]2[C@@H]1Sc1ccc(Cl)cc1. The van der Waals surface area contributed by atoms with Crippen LogP contribution in [0.25, 0.3) is 0 Å². The van der Waals surface area contributed by atoms with E-state index in [0.29, 0.717) is 21.9 Å². The fourth-order valence-corrected chi connectivity index (χ4v) is 5.89. The first-order valence-corrected chi connectivity index (χ1v) is 10.4. The molecule has 0 saturated carbocycles. The van der Waals surface area contributed by atoms with Crippen LogP contribution in [0.3, 0.4) is 0 Å². The fraction of sp³-hybridized carbons (Fsp3) is 0.263. The zero-order valence-corrected chi connectivity index (χ0v) is 16.6. The molecule has 0 unspecified atom stereocenters. The Morgan fingerprint density at radius 1 is 1.31 bits per heavy atom. The van der Waals surface area contributed by atoms with Crippen LogP contribution in [-0.2, 0) is 4.79 Å². The van der Waals surface area contributed by atoms with Gasteiger partial charge in [0.2, 0.25) is 5.91 Å². The minimum absolute atomic E-state index is 0.0200. The molecule has 2 aromatic carbocycles. The molecule has 0 radical (unpaired) electrons. The molecule has 2 aliphatic heterocycles. The van der Waals surface area contributed by atoms with Gasteiger partial charge in [-0.2, -0.15) is 5.10 Å². The van der Waals surface area contributed by atoms with Gasteiger partial charge in [-0.3, -0.25) is 4.79 Å². The first-order chi connectivity index (χ1) is 12.5. The van der Waals surface area contributed by atoms with Crippen molar-refractivity contribution in [1.29, 1.82) is 0 Å². The Morgan fingerprint density at radius 2 is 2.04 bits per heavy atom. The van der Waals surface area contributed by atoms with Gasteiger partial charge in [-0.1, -0.05) is 29.4 Å². The highest BCUT2D eigenvalue weighted by Crippen LogP contribution is 2.45. The number of thioether (sulfide) groups is 2.